The highest BCUT2D eigenvalue weighted by Gasteiger charge is 2.12. The van der Waals surface area contributed by atoms with Gasteiger partial charge < -0.3 is 10.4 Å². The van der Waals surface area contributed by atoms with Gasteiger partial charge in [-0.25, -0.2) is 0 Å². The Morgan fingerprint density at radius 1 is 1.37 bits per heavy atom. The van der Waals surface area contributed by atoms with Crippen LogP contribution in [-0.2, 0) is 6.42 Å². The summed E-state index contributed by atoms with van der Waals surface area (Å²) in [6.07, 6.45) is 0.830. The van der Waals surface area contributed by atoms with Crippen molar-refractivity contribution in [1.82, 2.24) is 4.98 Å². The Morgan fingerprint density at radius 2 is 2.11 bits per heavy atom. The zero-order valence-electron chi connectivity index (χ0n) is 11.0. The monoisotopic (exact) mass is 296 g/mol. The van der Waals surface area contributed by atoms with Gasteiger partial charge in [-0.1, -0.05) is 55.0 Å². The summed E-state index contributed by atoms with van der Waals surface area (Å²) in [5.74, 6) is 0.428. The largest absolute Gasteiger partial charge is 0.492 e. The van der Waals surface area contributed by atoms with Crippen molar-refractivity contribution in [3.8, 4) is 5.88 Å². The fourth-order valence-electron chi connectivity index (χ4n) is 1.78. The van der Waals surface area contributed by atoms with Crippen molar-refractivity contribution in [3.63, 3.8) is 0 Å². The van der Waals surface area contributed by atoms with E-state index >= 15 is 0 Å². The van der Waals surface area contributed by atoms with Gasteiger partial charge in [-0.05, 0) is 24.0 Å². The Labute approximate surface area is 122 Å². The molecule has 0 aliphatic rings. The smallest absolute Gasteiger partial charge is 0.227 e. The highest BCUT2D eigenvalue weighted by Crippen LogP contribution is 2.33. The summed E-state index contributed by atoms with van der Waals surface area (Å²) in [6, 6.07) is 7.81. The second-order valence-corrected chi connectivity index (χ2v) is 6.07. The molecule has 0 atom stereocenters. The van der Waals surface area contributed by atoms with Crippen LogP contribution in [0.2, 0.25) is 5.02 Å². The first kappa shape index (κ1) is 14.2. The molecule has 0 spiro atoms. The van der Waals surface area contributed by atoms with Crippen LogP contribution in [0.25, 0.3) is 0 Å². The molecule has 2 N–H and O–H groups in total. The van der Waals surface area contributed by atoms with Gasteiger partial charge in [0, 0.05) is 11.6 Å². The second kappa shape index (κ2) is 6.26. The van der Waals surface area contributed by atoms with E-state index in [1.165, 1.54) is 11.3 Å². The fourth-order valence-corrected chi connectivity index (χ4v) is 2.90. The molecule has 0 saturated heterocycles. The minimum absolute atomic E-state index is 0.139. The summed E-state index contributed by atoms with van der Waals surface area (Å²) in [4.78, 5) is 5.03. The summed E-state index contributed by atoms with van der Waals surface area (Å²) in [5, 5.41) is 14.5. The Balaban J connectivity index is 1.93. The molecular formula is C14H17ClN2OS. The highest BCUT2D eigenvalue weighted by molar-refractivity contribution is 7.16. The van der Waals surface area contributed by atoms with E-state index in [2.05, 4.69) is 10.3 Å². The third kappa shape index (κ3) is 3.61. The highest BCUT2D eigenvalue weighted by atomic mass is 35.5. The lowest BCUT2D eigenvalue weighted by Crippen LogP contribution is -2.04. The van der Waals surface area contributed by atoms with Crippen molar-refractivity contribution >= 4 is 28.1 Å². The molecule has 1 aromatic heterocycles. The van der Waals surface area contributed by atoms with Crippen LogP contribution in [0, 0.1) is 0 Å². The Hall–Kier alpha value is -1.26. The zero-order chi connectivity index (χ0) is 13.8. The van der Waals surface area contributed by atoms with Crippen LogP contribution in [0.5, 0.6) is 5.88 Å². The van der Waals surface area contributed by atoms with E-state index in [1.54, 1.807) is 0 Å². The van der Waals surface area contributed by atoms with Gasteiger partial charge in [0.2, 0.25) is 5.88 Å². The van der Waals surface area contributed by atoms with Crippen LogP contribution in [0.4, 0.5) is 5.13 Å². The van der Waals surface area contributed by atoms with Gasteiger partial charge >= 0.3 is 0 Å². The molecule has 0 bridgehead atoms. The first-order valence-electron chi connectivity index (χ1n) is 6.25. The number of hydrogen-bond donors (Lipinski definition) is 2. The minimum Gasteiger partial charge on any atom is -0.492 e. The summed E-state index contributed by atoms with van der Waals surface area (Å²) in [5.41, 5.74) is 1.11. The number of benzene rings is 1. The van der Waals surface area contributed by atoms with E-state index in [0.717, 1.165) is 33.6 Å². The SMILES string of the molecule is CC(C)c1sc(NCCc2ccccc2Cl)nc1O. The van der Waals surface area contributed by atoms with E-state index < -0.39 is 0 Å². The third-order valence-corrected chi connectivity index (χ3v) is 4.46. The molecular weight excluding hydrogens is 280 g/mol. The van der Waals surface area contributed by atoms with Crippen LogP contribution in [-0.4, -0.2) is 16.6 Å². The van der Waals surface area contributed by atoms with Crippen molar-refractivity contribution in [3.05, 3.63) is 39.7 Å². The average Bonchev–Trinajstić information content (AvgIpc) is 2.73. The summed E-state index contributed by atoms with van der Waals surface area (Å²) >= 11 is 7.60. The number of aromatic hydroxyl groups is 1. The maximum atomic E-state index is 9.70. The number of hydrogen-bond acceptors (Lipinski definition) is 4. The van der Waals surface area contributed by atoms with Crippen molar-refractivity contribution in [2.75, 3.05) is 11.9 Å². The molecule has 0 saturated carbocycles. The summed E-state index contributed by atoms with van der Waals surface area (Å²) in [6.45, 7) is 4.83. The molecule has 19 heavy (non-hydrogen) atoms. The number of thiazole rings is 1. The first-order chi connectivity index (χ1) is 9.08. The van der Waals surface area contributed by atoms with Crippen LogP contribution in [0.15, 0.2) is 24.3 Å². The summed E-state index contributed by atoms with van der Waals surface area (Å²) < 4.78 is 0. The predicted octanol–water partition coefficient (Wildman–Crippen LogP) is 4.28. The maximum absolute atomic E-state index is 9.70. The van der Waals surface area contributed by atoms with E-state index in [-0.39, 0.29) is 11.8 Å². The summed E-state index contributed by atoms with van der Waals surface area (Å²) in [7, 11) is 0. The molecule has 0 amide bonds. The predicted molar refractivity (Wildman–Crippen MR) is 81.5 cm³/mol. The van der Waals surface area contributed by atoms with Crippen molar-refractivity contribution in [2.45, 2.75) is 26.2 Å². The zero-order valence-corrected chi connectivity index (χ0v) is 12.6. The number of nitrogens with one attached hydrogen (secondary N) is 1. The van der Waals surface area contributed by atoms with Crippen LogP contribution in [0.1, 0.15) is 30.2 Å². The molecule has 0 aliphatic carbocycles. The molecule has 3 nitrogen and oxygen atoms in total. The van der Waals surface area contributed by atoms with E-state index in [0.29, 0.717) is 0 Å². The number of aromatic nitrogens is 1. The fraction of sp³-hybridized carbons (Fsp3) is 0.357. The van der Waals surface area contributed by atoms with Gasteiger partial charge in [-0.15, -0.1) is 0 Å². The van der Waals surface area contributed by atoms with Crippen molar-refractivity contribution in [2.24, 2.45) is 0 Å². The van der Waals surface area contributed by atoms with Gasteiger partial charge in [0.1, 0.15) is 0 Å². The Morgan fingerprint density at radius 3 is 2.74 bits per heavy atom. The molecule has 2 rings (SSSR count). The molecule has 0 radical (unpaired) electrons. The first-order valence-corrected chi connectivity index (χ1v) is 7.44. The molecule has 102 valence electrons. The lowest BCUT2D eigenvalue weighted by molar-refractivity contribution is 0.449. The van der Waals surface area contributed by atoms with Crippen LogP contribution >= 0.6 is 22.9 Å². The van der Waals surface area contributed by atoms with Crippen LogP contribution in [0.3, 0.4) is 0 Å². The molecule has 1 aromatic carbocycles. The van der Waals surface area contributed by atoms with Crippen molar-refractivity contribution in [1.29, 1.82) is 0 Å². The number of halogens is 1. The molecule has 2 aromatic rings. The molecule has 0 aliphatic heterocycles. The average molecular weight is 297 g/mol. The quantitative estimate of drug-likeness (QED) is 0.865. The Bertz CT molecular complexity index is 554. The minimum atomic E-state index is 0.139. The number of anilines is 1. The van der Waals surface area contributed by atoms with Crippen molar-refractivity contribution < 1.29 is 5.11 Å². The maximum Gasteiger partial charge on any atom is 0.227 e. The van der Waals surface area contributed by atoms with E-state index in [4.69, 9.17) is 11.6 Å². The van der Waals surface area contributed by atoms with E-state index in [1.807, 2.05) is 38.1 Å². The third-order valence-electron chi connectivity index (χ3n) is 2.79. The second-order valence-electron chi connectivity index (χ2n) is 4.63. The van der Waals surface area contributed by atoms with Gasteiger partial charge in [0.05, 0.1) is 4.88 Å². The standard InChI is InChI=1S/C14H17ClN2OS/c1-9(2)12-13(18)17-14(19-12)16-8-7-10-5-3-4-6-11(10)15/h3-6,9,18H,7-8H2,1-2H3,(H,16,17). The van der Waals surface area contributed by atoms with Gasteiger partial charge in [0.25, 0.3) is 0 Å². The molecule has 5 heteroatoms. The lowest BCUT2D eigenvalue weighted by Gasteiger charge is -2.04. The van der Waals surface area contributed by atoms with Gasteiger partial charge in [-0.2, -0.15) is 4.98 Å². The lowest BCUT2D eigenvalue weighted by atomic mass is 10.1. The number of nitrogens with zero attached hydrogens (tertiary/aromatic N) is 1. The topological polar surface area (TPSA) is 45.2 Å². The molecule has 1 heterocycles. The van der Waals surface area contributed by atoms with Gasteiger partial charge in [0.15, 0.2) is 5.13 Å². The Kier molecular flexibility index (Phi) is 4.66. The van der Waals surface area contributed by atoms with E-state index in [9.17, 15) is 5.11 Å². The molecule has 0 fully saturated rings. The molecule has 0 unspecified atom stereocenters. The van der Waals surface area contributed by atoms with Crippen LogP contribution < -0.4 is 5.32 Å². The number of rotatable bonds is 5. The normalized spacial score (nSPS) is 10.9. The van der Waals surface area contributed by atoms with Gasteiger partial charge in [-0.3, -0.25) is 0 Å².